The number of carboxylic acids is 2. The molecule has 0 unspecified atom stereocenters. The van der Waals surface area contributed by atoms with Crippen LogP contribution in [0.25, 0.3) is 0 Å². The lowest BCUT2D eigenvalue weighted by Gasteiger charge is -1.94. The molecule has 0 aromatic rings. The van der Waals surface area contributed by atoms with Gasteiger partial charge in [-0.25, -0.2) is 9.59 Å². The van der Waals surface area contributed by atoms with Gasteiger partial charge in [0.05, 0.1) is 6.08 Å². The molecule has 0 heterocycles. The molecule has 0 aromatic heterocycles. The largest absolute Gasteiger partial charge is 0.478 e. The first kappa shape index (κ1) is 17.8. The predicted molar refractivity (Wildman–Crippen MR) is 49.1 cm³/mol. The van der Waals surface area contributed by atoms with Crippen LogP contribution < -0.4 is 0 Å². The maximum Gasteiger partial charge on any atom is 0.394 e. The predicted octanol–water partition coefficient (Wildman–Crippen LogP) is -1.73. The molecule has 0 aromatic carbocycles. The van der Waals surface area contributed by atoms with Crippen LogP contribution in [-0.4, -0.2) is 52.6 Å². The Labute approximate surface area is 94.3 Å². The Morgan fingerprint density at radius 1 is 0.882 bits per heavy atom. The number of carboxylic acid groups (broad SMARTS) is 2. The summed E-state index contributed by atoms with van der Waals surface area (Å²) in [7, 11) is -9.65. The van der Waals surface area contributed by atoms with E-state index >= 15 is 0 Å². The fourth-order valence-electron chi connectivity index (χ4n) is 0.359. The summed E-state index contributed by atoms with van der Waals surface area (Å²) < 4.78 is 60.0. The zero-order valence-corrected chi connectivity index (χ0v) is 9.21. The van der Waals surface area contributed by atoms with E-state index in [1.54, 1.807) is 0 Å². The van der Waals surface area contributed by atoms with Crippen molar-refractivity contribution >= 4 is 32.5 Å². The SMILES string of the molecule is O=C(O)/C=C(/C(=O)O)S(=O)(=O)O.O=S(=O)(O)O. The molecule has 0 atom stereocenters. The van der Waals surface area contributed by atoms with E-state index < -0.39 is 37.4 Å². The van der Waals surface area contributed by atoms with Crippen molar-refractivity contribution in [3.63, 3.8) is 0 Å². The molecule has 0 spiro atoms. The first-order valence-corrected chi connectivity index (χ1v) is 5.94. The zero-order valence-electron chi connectivity index (χ0n) is 7.58. The van der Waals surface area contributed by atoms with E-state index in [1.165, 1.54) is 0 Å². The summed E-state index contributed by atoms with van der Waals surface area (Å²) in [4.78, 5) is 18.3. The van der Waals surface area contributed by atoms with Crippen LogP contribution in [0.2, 0.25) is 0 Å². The van der Waals surface area contributed by atoms with Crippen molar-refractivity contribution in [2.45, 2.75) is 0 Å². The molecule has 0 saturated carbocycles. The maximum atomic E-state index is 10.2. The van der Waals surface area contributed by atoms with Gasteiger partial charge in [0.1, 0.15) is 0 Å². The van der Waals surface area contributed by atoms with Crippen molar-refractivity contribution in [1.29, 1.82) is 0 Å². The third-order valence-corrected chi connectivity index (χ3v) is 1.59. The van der Waals surface area contributed by atoms with E-state index in [9.17, 15) is 18.0 Å². The van der Waals surface area contributed by atoms with Crippen LogP contribution in [0.1, 0.15) is 0 Å². The fraction of sp³-hybridized carbons (Fsp3) is 0. The summed E-state index contributed by atoms with van der Waals surface area (Å²) in [5, 5.41) is 16.1. The third kappa shape index (κ3) is 14.5. The average molecular weight is 294 g/mol. The van der Waals surface area contributed by atoms with Crippen LogP contribution in [0, 0.1) is 0 Å². The van der Waals surface area contributed by atoms with Gasteiger partial charge in [0.15, 0.2) is 4.91 Å². The van der Waals surface area contributed by atoms with Gasteiger partial charge in [-0.1, -0.05) is 0 Å². The van der Waals surface area contributed by atoms with Crippen LogP contribution in [0.4, 0.5) is 0 Å². The highest BCUT2D eigenvalue weighted by atomic mass is 32.3. The minimum Gasteiger partial charge on any atom is -0.478 e. The van der Waals surface area contributed by atoms with Crippen LogP contribution in [0.15, 0.2) is 11.0 Å². The minimum atomic E-state index is -4.98. The summed E-state index contributed by atoms with van der Waals surface area (Å²) in [6, 6.07) is 0. The minimum absolute atomic E-state index is 0.113. The molecule has 17 heavy (non-hydrogen) atoms. The number of rotatable bonds is 3. The van der Waals surface area contributed by atoms with Crippen molar-refractivity contribution in [1.82, 2.24) is 0 Å². The fourth-order valence-corrected chi connectivity index (χ4v) is 0.829. The van der Waals surface area contributed by atoms with Crippen molar-refractivity contribution in [2.24, 2.45) is 0 Å². The van der Waals surface area contributed by atoms with E-state index in [0.29, 0.717) is 0 Å². The topological polar surface area (TPSA) is 204 Å². The number of aliphatic carboxylic acids is 2. The van der Waals surface area contributed by atoms with Gasteiger partial charge in [-0.3, -0.25) is 13.7 Å². The Morgan fingerprint density at radius 2 is 1.18 bits per heavy atom. The molecule has 0 radical (unpaired) electrons. The van der Waals surface area contributed by atoms with Crippen molar-refractivity contribution in [3.8, 4) is 0 Å². The van der Waals surface area contributed by atoms with Gasteiger partial charge in [-0.15, -0.1) is 0 Å². The van der Waals surface area contributed by atoms with Gasteiger partial charge in [-0.05, 0) is 0 Å². The Balaban J connectivity index is 0. The second-order valence-corrected chi connectivity index (χ2v) is 4.36. The highest BCUT2D eigenvalue weighted by Crippen LogP contribution is 2.03. The van der Waals surface area contributed by atoms with Gasteiger partial charge in [0.25, 0.3) is 0 Å². The number of hydrogen-bond donors (Lipinski definition) is 5. The molecular formula is C4H6O11S2. The van der Waals surface area contributed by atoms with E-state index in [4.69, 9.17) is 32.3 Å². The molecule has 0 fully saturated rings. The van der Waals surface area contributed by atoms with Gasteiger partial charge in [0, 0.05) is 0 Å². The van der Waals surface area contributed by atoms with E-state index in [-0.39, 0.29) is 6.08 Å². The smallest absolute Gasteiger partial charge is 0.394 e. The van der Waals surface area contributed by atoms with Crippen LogP contribution >= 0.6 is 0 Å². The van der Waals surface area contributed by atoms with Crippen LogP contribution in [-0.2, 0) is 30.1 Å². The molecule has 0 aliphatic heterocycles. The van der Waals surface area contributed by atoms with E-state index in [2.05, 4.69) is 0 Å². The van der Waals surface area contributed by atoms with E-state index in [0.717, 1.165) is 0 Å². The lowest BCUT2D eigenvalue weighted by atomic mass is 10.5. The Hall–Kier alpha value is -1.54. The Morgan fingerprint density at radius 3 is 1.24 bits per heavy atom. The van der Waals surface area contributed by atoms with Crippen molar-refractivity contribution in [2.75, 3.05) is 0 Å². The molecule has 0 bridgehead atoms. The standard InChI is InChI=1S/C4H4O7S.H2O4S/c5-3(6)1-2(4(7)8)12(9,10)11;1-5(2,3)4/h1H,(H,5,6)(H,7,8)(H,9,10,11);(H2,1,2,3,4)/b2-1-;. The maximum absolute atomic E-state index is 10.2. The molecule has 0 aliphatic rings. The highest BCUT2D eigenvalue weighted by molar-refractivity contribution is 7.90. The van der Waals surface area contributed by atoms with Crippen LogP contribution in [0.3, 0.4) is 0 Å². The second kappa shape index (κ2) is 6.26. The molecule has 0 rings (SSSR count). The summed E-state index contributed by atoms with van der Waals surface area (Å²) >= 11 is 0. The van der Waals surface area contributed by atoms with Gasteiger partial charge in [-0.2, -0.15) is 16.8 Å². The molecule has 5 N–H and O–H groups in total. The monoisotopic (exact) mass is 294 g/mol. The quantitative estimate of drug-likeness (QED) is 0.292. The lowest BCUT2D eigenvalue weighted by Crippen LogP contribution is -2.13. The Kier molecular flexibility index (Phi) is 6.57. The summed E-state index contributed by atoms with van der Waals surface area (Å²) in [5.74, 6) is -3.80. The van der Waals surface area contributed by atoms with E-state index in [1.807, 2.05) is 0 Å². The highest BCUT2D eigenvalue weighted by Gasteiger charge is 2.22. The average Bonchev–Trinajstić information content (AvgIpc) is 1.93. The van der Waals surface area contributed by atoms with Gasteiger partial charge in [0.2, 0.25) is 0 Å². The third-order valence-electron chi connectivity index (χ3n) is 0.743. The molecule has 11 nitrogen and oxygen atoms in total. The first-order chi connectivity index (χ1) is 7.25. The number of hydrogen-bond acceptors (Lipinski definition) is 6. The summed E-state index contributed by atoms with van der Waals surface area (Å²) in [6.07, 6.45) is -0.113. The Bertz CT molecular complexity index is 512. The lowest BCUT2D eigenvalue weighted by molar-refractivity contribution is -0.134. The van der Waals surface area contributed by atoms with Gasteiger partial charge >= 0.3 is 32.5 Å². The van der Waals surface area contributed by atoms with Crippen molar-refractivity contribution in [3.05, 3.63) is 11.0 Å². The molecule has 13 heteroatoms. The van der Waals surface area contributed by atoms with Gasteiger partial charge < -0.3 is 10.2 Å². The first-order valence-electron chi connectivity index (χ1n) is 3.10. The molecule has 100 valence electrons. The molecule has 0 saturated heterocycles. The summed E-state index contributed by atoms with van der Waals surface area (Å²) in [6.45, 7) is 0. The van der Waals surface area contributed by atoms with Crippen LogP contribution in [0.5, 0.6) is 0 Å². The molecule has 0 amide bonds. The summed E-state index contributed by atoms with van der Waals surface area (Å²) in [5.41, 5.74) is 0. The normalized spacial score (nSPS) is 12.3. The zero-order chi connectivity index (χ0) is 14.4. The second-order valence-electron chi connectivity index (χ2n) is 2.07. The van der Waals surface area contributed by atoms with Crippen molar-refractivity contribution < 1.29 is 50.3 Å². The molecular weight excluding hydrogens is 288 g/mol. The number of carbonyl (C=O) groups is 2. The molecule has 0 aliphatic carbocycles.